The molecule has 2 aromatic carbocycles. The maximum absolute atomic E-state index is 10.6. The Morgan fingerprint density at radius 3 is 2.51 bits per heavy atom. The van der Waals surface area contributed by atoms with Crippen LogP contribution in [0.25, 0.3) is 11.1 Å². The van der Waals surface area contributed by atoms with Crippen molar-refractivity contribution >= 4 is 5.97 Å². The molecule has 10 heteroatoms. The molecule has 1 unspecified atom stereocenters. The number of pyridine rings is 1. The van der Waals surface area contributed by atoms with E-state index in [0.717, 1.165) is 47.8 Å². The molecular weight excluding hydrogens is 465 g/mol. The molecule has 0 bridgehead atoms. The molecule has 1 atom stereocenters. The van der Waals surface area contributed by atoms with Crippen LogP contribution in [0.2, 0.25) is 0 Å². The van der Waals surface area contributed by atoms with Crippen molar-refractivity contribution in [1.29, 1.82) is 0 Å². The van der Waals surface area contributed by atoms with Gasteiger partial charge in [0.15, 0.2) is 11.5 Å². The molecule has 3 aromatic rings. The Morgan fingerprint density at radius 1 is 1.17 bits per heavy atom. The molecule has 0 amide bonds. The third-order valence-electron chi connectivity index (χ3n) is 5.74. The first kappa shape index (κ1) is 24.3. The molecule has 35 heavy (non-hydrogen) atoms. The van der Waals surface area contributed by atoms with Gasteiger partial charge in [0, 0.05) is 24.0 Å². The molecule has 2 aliphatic rings. The Morgan fingerprint density at radius 2 is 1.86 bits per heavy atom. The van der Waals surface area contributed by atoms with Crippen LogP contribution < -0.4 is 19.5 Å². The van der Waals surface area contributed by atoms with Crippen LogP contribution in [0.1, 0.15) is 22.7 Å². The molecule has 5 rings (SSSR count). The molecule has 7 nitrogen and oxygen atoms in total. The molecular formula is C25H23F3N2O5. The summed E-state index contributed by atoms with van der Waals surface area (Å²) >= 11 is 0. The Kier molecular flexibility index (Phi) is 7.11. The number of carbonyl (C=O) groups is 1. The average Bonchev–Trinajstić information content (AvgIpc) is 3.31. The van der Waals surface area contributed by atoms with Crippen molar-refractivity contribution in [1.82, 2.24) is 10.3 Å². The molecule has 0 saturated heterocycles. The smallest absolute Gasteiger partial charge is 0.490 e. The lowest BCUT2D eigenvalue weighted by atomic mass is 9.89. The summed E-state index contributed by atoms with van der Waals surface area (Å²) in [5.74, 6) is -0.199. The van der Waals surface area contributed by atoms with Crippen LogP contribution in [-0.2, 0) is 17.6 Å². The molecule has 2 aliphatic heterocycles. The van der Waals surface area contributed by atoms with Crippen LogP contribution in [0.15, 0.2) is 54.9 Å². The number of alkyl halides is 3. The van der Waals surface area contributed by atoms with Gasteiger partial charge in [0.1, 0.15) is 5.75 Å². The summed E-state index contributed by atoms with van der Waals surface area (Å²) in [6.45, 7) is 1.29. The van der Waals surface area contributed by atoms with E-state index in [9.17, 15) is 13.2 Å². The molecule has 1 aromatic heterocycles. The minimum Gasteiger partial charge on any atom is -0.496 e. The summed E-state index contributed by atoms with van der Waals surface area (Å²) < 4.78 is 48.3. The highest BCUT2D eigenvalue weighted by Crippen LogP contribution is 2.39. The van der Waals surface area contributed by atoms with Crippen LogP contribution in [-0.4, -0.2) is 42.7 Å². The minimum absolute atomic E-state index is 0.275. The van der Waals surface area contributed by atoms with Crippen molar-refractivity contribution in [3.63, 3.8) is 0 Å². The Balaban J connectivity index is 0.000000364. The van der Waals surface area contributed by atoms with Crippen LogP contribution in [0, 0.1) is 0 Å². The van der Waals surface area contributed by atoms with E-state index >= 15 is 0 Å². The van der Waals surface area contributed by atoms with Crippen LogP contribution in [0.4, 0.5) is 13.2 Å². The number of fused-ring (bicyclic) bond motifs is 2. The Bertz CT molecular complexity index is 1200. The molecule has 0 spiro atoms. The van der Waals surface area contributed by atoms with Crippen LogP contribution >= 0.6 is 0 Å². The minimum atomic E-state index is -5.08. The number of rotatable bonds is 4. The number of carboxylic acid groups (broad SMARTS) is 1. The lowest BCUT2D eigenvalue weighted by molar-refractivity contribution is -0.192. The van der Waals surface area contributed by atoms with E-state index in [4.69, 9.17) is 24.1 Å². The maximum Gasteiger partial charge on any atom is 0.490 e. The van der Waals surface area contributed by atoms with Crippen molar-refractivity contribution in [3.8, 4) is 28.4 Å². The number of carboxylic acids is 1. The second-order valence-corrected chi connectivity index (χ2v) is 7.94. The maximum atomic E-state index is 10.6. The first-order valence-corrected chi connectivity index (χ1v) is 10.8. The number of hydrogen-bond donors (Lipinski definition) is 2. The molecule has 0 aliphatic carbocycles. The summed E-state index contributed by atoms with van der Waals surface area (Å²) in [6, 6.07) is 15.1. The van der Waals surface area contributed by atoms with Crippen molar-refractivity contribution in [2.75, 3.05) is 20.4 Å². The lowest BCUT2D eigenvalue weighted by Gasteiger charge is -2.27. The highest BCUT2D eigenvalue weighted by molar-refractivity contribution is 5.73. The van der Waals surface area contributed by atoms with Gasteiger partial charge in [-0.15, -0.1) is 0 Å². The topological polar surface area (TPSA) is 89.9 Å². The number of aliphatic carboxylic acids is 1. The van der Waals surface area contributed by atoms with E-state index < -0.39 is 12.1 Å². The number of aromatic nitrogens is 1. The molecule has 184 valence electrons. The van der Waals surface area contributed by atoms with Gasteiger partial charge >= 0.3 is 12.1 Å². The number of benzene rings is 2. The first-order chi connectivity index (χ1) is 16.8. The third kappa shape index (κ3) is 5.65. The summed E-state index contributed by atoms with van der Waals surface area (Å²) in [6.07, 6.45) is 0.448. The van der Waals surface area contributed by atoms with E-state index in [-0.39, 0.29) is 6.04 Å². The standard InChI is InChI=1S/C23H22N2O3.C2HF3O2/c1-26-21-7-8-24-13-19(21)16-4-2-15(3-5-16)10-20-18-12-23-22(27-14-28-23)11-17(18)6-9-25-20;3-2(4,5)1(6)7/h2-5,7-8,11-13,20,25H,6,9-10,14H2,1H3;(H,6,7). The SMILES string of the molecule is COc1ccncc1-c1ccc(CC2NCCc3cc4c(cc32)OCO4)cc1.O=C(O)C(F)(F)F. The zero-order valence-electron chi connectivity index (χ0n) is 18.8. The molecule has 3 heterocycles. The predicted molar refractivity (Wildman–Crippen MR) is 121 cm³/mol. The van der Waals surface area contributed by atoms with Gasteiger partial charge in [0.05, 0.1) is 7.11 Å². The quantitative estimate of drug-likeness (QED) is 0.557. The number of methoxy groups -OCH3 is 1. The monoisotopic (exact) mass is 488 g/mol. The molecule has 0 fully saturated rings. The highest BCUT2D eigenvalue weighted by Gasteiger charge is 2.38. The normalized spacial score (nSPS) is 16.1. The number of nitrogens with zero attached hydrogens (tertiary/aromatic N) is 1. The van der Waals surface area contributed by atoms with Gasteiger partial charge in [-0.05, 0) is 59.8 Å². The number of halogens is 3. The number of hydrogen-bond acceptors (Lipinski definition) is 6. The van der Waals surface area contributed by atoms with E-state index in [0.29, 0.717) is 6.79 Å². The molecule has 2 N–H and O–H groups in total. The fourth-order valence-corrected chi connectivity index (χ4v) is 4.05. The van der Waals surface area contributed by atoms with Gasteiger partial charge in [-0.2, -0.15) is 13.2 Å². The molecule has 0 saturated carbocycles. The Labute approximate surface area is 199 Å². The third-order valence-corrected chi connectivity index (χ3v) is 5.74. The fraction of sp³-hybridized carbons (Fsp3) is 0.280. The van der Waals surface area contributed by atoms with E-state index in [2.05, 4.69) is 46.7 Å². The second kappa shape index (κ2) is 10.2. The lowest BCUT2D eigenvalue weighted by Crippen LogP contribution is -2.31. The van der Waals surface area contributed by atoms with E-state index in [1.54, 1.807) is 13.3 Å². The highest BCUT2D eigenvalue weighted by atomic mass is 19.4. The summed E-state index contributed by atoms with van der Waals surface area (Å²) in [7, 11) is 1.69. The average molecular weight is 488 g/mol. The number of nitrogens with one attached hydrogen (secondary N) is 1. The number of ether oxygens (including phenoxy) is 3. The van der Waals surface area contributed by atoms with Crippen molar-refractivity contribution in [3.05, 3.63) is 71.5 Å². The summed E-state index contributed by atoms with van der Waals surface area (Å²) in [5.41, 5.74) is 6.06. The largest absolute Gasteiger partial charge is 0.496 e. The van der Waals surface area contributed by atoms with Crippen LogP contribution in [0.5, 0.6) is 17.2 Å². The summed E-state index contributed by atoms with van der Waals surface area (Å²) in [4.78, 5) is 13.1. The predicted octanol–water partition coefficient (Wildman–Crippen LogP) is 4.55. The zero-order chi connectivity index (χ0) is 25.0. The van der Waals surface area contributed by atoms with Gasteiger partial charge in [-0.25, -0.2) is 4.79 Å². The van der Waals surface area contributed by atoms with Gasteiger partial charge in [-0.3, -0.25) is 4.98 Å². The Hall–Kier alpha value is -3.79. The second-order valence-electron chi connectivity index (χ2n) is 7.94. The fourth-order valence-electron chi connectivity index (χ4n) is 4.05. The van der Waals surface area contributed by atoms with Crippen LogP contribution in [0.3, 0.4) is 0 Å². The molecule has 0 radical (unpaired) electrons. The van der Waals surface area contributed by atoms with Gasteiger partial charge in [0.2, 0.25) is 6.79 Å². The zero-order valence-corrected chi connectivity index (χ0v) is 18.8. The first-order valence-electron chi connectivity index (χ1n) is 10.8. The van der Waals surface area contributed by atoms with Crippen molar-refractivity contribution in [2.24, 2.45) is 0 Å². The van der Waals surface area contributed by atoms with Gasteiger partial charge < -0.3 is 24.6 Å². The summed E-state index contributed by atoms with van der Waals surface area (Å²) in [5, 5.41) is 10.8. The van der Waals surface area contributed by atoms with E-state index in [1.807, 2.05) is 12.3 Å². The van der Waals surface area contributed by atoms with Gasteiger partial charge in [0.25, 0.3) is 0 Å². The van der Waals surface area contributed by atoms with E-state index in [1.165, 1.54) is 16.7 Å². The van der Waals surface area contributed by atoms with Crippen molar-refractivity contribution < 1.29 is 37.3 Å². The van der Waals surface area contributed by atoms with Gasteiger partial charge in [-0.1, -0.05) is 24.3 Å². The van der Waals surface area contributed by atoms with Crippen molar-refractivity contribution in [2.45, 2.75) is 25.1 Å².